The van der Waals surface area contributed by atoms with Crippen LogP contribution in [0.15, 0.2) is 53.0 Å². The second-order valence-corrected chi connectivity index (χ2v) is 5.91. The maximum atomic E-state index is 12.0. The van der Waals surface area contributed by atoms with E-state index in [9.17, 15) is 4.79 Å². The molecule has 2 aromatic carbocycles. The highest BCUT2D eigenvalue weighted by atomic mass is 79.9. The second kappa shape index (κ2) is 8.58. The third-order valence-electron chi connectivity index (χ3n) is 3.40. The van der Waals surface area contributed by atoms with E-state index < -0.39 is 0 Å². The molecule has 0 aliphatic rings. The Bertz CT molecular complexity index is 660. The highest BCUT2D eigenvalue weighted by Crippen LogP contribution is 2.26. The highest BCUT2D eigenvalue weighted by molar-refractivity contribution is 9.10. The van der Waals surface area contributed by atoms with Crippen LogP contribution in [-0.4, -0.2) is 19.6 Å². The average molecular weight is 378 g/mol. The fourth-order valence-corrected chi connectivity index (χ4v) is 2.84. The molecule has 0 aromatic heterocycles. The lowest BCUT2D eigenvalue weighted by molar-refractivity contribution is -0.122. The van der Waals surface area contributed by atoms with Gasteiger partial charge in [0.05, 0.1) is 26.2 Å². The first-order valence-corrected chi connectivity index (χ1v) is 8.20. The first-order chi connectivity index (χ1) is 11.1. The maximum absolute atomic E-state index is 12.0. The first-order valence-electron chi connectivity index (χ1n) is 7.41. The summed E-state index contributed by atoms with van der Waals surface area (Å²) < 4.78 is 11.8. The molecule has 0 fully saturated rings. The van der Waals surface area contributed by atoms with Gasteiger partial charge >= 0.3 is 0 Å². The summed E-state index contributed by atoms with van der Waals surface area (Å²) >= 11 is 3.50. The van der Waals surface area contributed by atoms with E-state index in [4.69, 9.17) is 9.47 Å². The summed E-state index contributed by atoms with van der Waals surface area (Å²) in [7, 11) is 1.59. The molecule has 2 rings (SSSR count). The van der Waals surface area contributed by atoms with Crippen LogP contribution >= 0.6 is 15.9 Å². The fraction of sp³-hybridized carbons (Fsp3) is 0.278. The highest BCUT2D eigenvalue weighted by Gasteiger charge is 2.12. The van der Waals surface area contributed by atoms with Crippen molar-refractivity contribution in [2.75, 3.05) is 13.7 Å². The topological polar surface area (TPSA) is 47.6 Å². The Kier molecular flexibility index (Phi) is 6.47. The molecule has 1 N–H and O–H groups in total. The molecule has 0 heterocycles. The Hall–Kier alpha value is -2.01. The summed E-state index contributed by atoms with van der Waals surface area (Å²) in [4.78, 5) is 12.0. The monoisotopic (exact) mass is 377 g/mol. The lowest BCUT2D eigenvalue weighted by Gasteiger charge is -2.16. The number of amides is 1. The van der Waals surface area contributed by atoms with Crippen LogP contribution in [0.25, 0.3) is 0 Å². The Balaban J connectivity index is 1.82. The molecule has 0 bridgehead atoms. The van der Waals surface area contributed by atoms with Crippen molar-refractivity contribution in [2.45, 2.75) is 19.4 Å². The van der Waals surface area contributed by atoms with Crippen LogP contribution in [0.1, 0.15) is 24.9 Å². The van der Waals surface area contributed by atoms with E-state index in [1.807, 2.05) is 55.5 Å². The predicted molar refractivity (Wildman–Crippen MR) is 93.8 cm³/mol. The number of benzene rings is 2. The van der Waals surface area contributed by atoms with Crippen molar-refractivity contribution in [3.8, 4) is 11.5 Å². The Morgan fingerprint density at radius 1 is 1.13 bits per heavy atom. The van der Waals surface area contributed by atoms with Gasteiger partial charge in [0.25, 0.3) is 0 Å². The minimum Gasteiger partial charge on any atom is -0.493 e. The number of hydrogen-bond acceptors (Lipinski definition) is 3. The molecule has 0 spiro atoms. The summed E-state index contributed by atoms with van der Waals surface area (Å²) in [6.45, 7) is 2.26. The molecule has 0 saturated heterocycles. The molecule has 0 radical (unpaired) electrons. The van der Waals surface area contributed by atoms with Gasteiger partial charge in [-0.1, -0.05) is 46.3 Å². The van der Waals surface area contributed by atoms with Gasteiger partial charge in [-0.3, -0.25) is 4.79 Å². The molecule has 4 nitrogen and oxygen atoms in total. The summed E-state index contributed by atoms with van der Waals surface area (Å²) in [5, 5.41) is 2.97. The smallest absolute Gasteiger partial charge is 0.223 e. The summed E-state index contributed by atoms with van der Waals surface area (Å²) in [6, 6.07) is 15.2. The molecule has 0 saturated carbocycles. The van der Waals surface area contributed by atoms with E-state index in [0.29, 0.717) is 18.1 Å². The van der Waals surface area contributed by atoms with Crippen molar-refractivity contribution in [1.82, 2.24) is 5.32 Å². The van der Waals surface area contributed by atoms with E-state index in [1.165, 1.54) is 0 Å². The van der Waals surface area contributed by atoms with Crippen molar-refractivity contribution in [1.29, 1.82) is 0 Å². The molecule has 1 atom stereocenters. The minimum absolute atomic E-state index is 0.0526. The van der Waals surface area contributed by atoms with Gasteiger partial charge < -0.3 is 14.8 Å². The molecule has 23 heavy (non-hydrogen) atoms. The summed E-state index contributed by atoms with van der Waals surface area (Å²) in [5.74, 6) is 1.25. The molecule has 2 aromatic rings. The molecule has 1 unspecified atom stereocenters. The largest absolute Gasteiger partial charge is 0.493 e. The number of carbonyl (C=O) groups is 1. The number of methoxy groups -OCH3 is 1. The zero-order valence-electron chi connectivity index (χ0n) is 13.2. The van der Waals surface area contributed by atoms with E-state index >= 15 is 0 Å². The maximum Gasteiger partial charge on any atom is 0.223 e. The third kappa shape index (κ3) is 4.99. The number of halogens is 1. The quantitative estimate of drug-likeness (QED) is 0.789. The van der Waals surface area contributed by atoms with Crippen LogP contribution in [0.4, 0.5) is 0 Å². The fourth-order valence-electron chi connectivity index (χ4n) is 2.21. The van der Waals surface area contributed by atoms with Gasteiger partial charge in [-0.05, 0) is 30.7 Å². The molecule has 1 amide bonds. The van der Waals surface area contributed by atoms with Gasteiger partial charge in [-0.15, -0.1) is 0 Å². The number of para-hydroxylation sites is 2. The van der Waals surface area contributed by atoms with E-state index in [1.54, 1.807) is 7.11 Å². The number of carbonyl (C=O) groups excluding carboxylic acids is 1. The van der Waals surface area contributed by atoms with Crippen LogP contribution in [0.2, 0.25) is 0 Å². The Morgan fingerprint density at radius 3 is 2.48 bits per heavy atom. The SMILES string of the molecule is COc1ccccc1OCCC(=O)NC(C)c1ccccc1Br. The van der Waals surface area contributed by atoms with Crippen molar-refractivity contribution < 1.29 is 14.3 Å². The van der Waals surface area contributed by atoms with Gasteiger partial charge in [0.1, 0.15) is 0 Å². The van der Waals surface area contributed by atoms with E-state index in [-0.39, 0.29) is 18.4 Å². The van der Waals surface area contributed by atoms with Crippen LogP contribution < -0.4 is 14.8 Å². The van der Waals surface area contributed by atoms with Crippen LogP contribution in [0.3, 0.4) is 0 Å². The van der Waals surface area contributed by atoms with Crippen molar-refractivity contribution in [3.63, 3.8) is 0 Å². The molecular weight excluding hydrogens is 358 g/mol. The lowest BCUT2D eigenvalue weighted by atomic mass is 10.1. The number of nitrogens with one attached hydrogen (secondary N) is 1. The normalized spacial score (nSPS) is 11.6. The zero-order chi connectivity index (χ0) is 16.7. The van der Waals surface area contributed by atoms with Crippen molar-refractivity contribution in [3.05, 3.63) is 58.6 Å². The molecule has 122 valence electrons. The minimum atomic E-state index is -0.0654. The van der Waals surface area contributed by atoms with Crippen molar-refractivity contribution >= 4 is 21.8 Å². The van der Waals surface area contributed by atoms with Crippen molar-refractivity contribution in [2.24, 2.45) is 0 Å². The molecule has 5 heteroatoms. The molecule has 0 aliphatic carbocycles. The van der Waals surface area contributed by atoms with E-state index in [2.05, 4.69) is 21.2 Å². The van der Waals surface area contributed by atoms with Crippen LogP contribution in [0.5, 0.6) is 11.5 Å². The lowest BCUT2D eigenvalue weighted by Crippen LogP contribution is -2.28. The third-order valence-corrected chi connectivity index (χ3v) is 4.13. The van der Waals surface area contributed by atoms with Crippen LogP contribution in [-0.2, 0) is 4.79 Å². The zero-order valence-corrected chi connectivity index (χ0v) is 14.8. The predicted octanol–water partition coefficient (Wildman–Crippen LogP) is 4.10. The second-order valence-electron chi connectivity index (χ2n) is 5.06. The Morgan fingerprint density at radius 2 is 1.78 bits per heavy atom. The van der Waals surface area contributed by atoms with Gasteiger partial charge in [0.2, 0.25) is 5.91 Å². The number of hydrogen-bond donors (Lipinski definition) is 1. The number of ether oxygens (including phenoxy) is 2. The number of rotatable bonds is 7. The standard InChI is InChI=1S/C18H20BrNO3/c1-13(14-7-3-4-8-15(14)19)20-18(21)11-12-23-17-10-6-5-9-16(17)22-2/h3-10,13H,11-12H2,1-2H3,(H,20,21). The average Bonchev–Trinajstić information content (AvgIpc) is 2.55. The molecular formula is C18H20BrNO3. The first kappa shape index (κ1) is 17.3. The van der Waals surface area contributed by atoms with Gasteiger partial charge in [0.15, 0.2) is 11.5 Å². The van der Waals surface area contributed by atoms with E-state index in [0.717, 1.165) is 10.0 Å². The van der Waals surface area contributed by atoms with Crippen LogP contribution in [0, 0.1) is 0 Å². The summed E-state index contributed by atoms with van der Waals surface area (Å²) in [6.07, 6.45) is 0.285. The van der Waals surface area contributed by atoms with Gasteiger partial charge in [-0.25, -0.2) is 0 Å². The van der Waals surface area contributed by atoms with Gasteiger partial charge in [-0.2, -0.15) is 0 Å². The Labute approximate surface area is 144 Å². The van der Waals surface area contributed by atoms with Gasteiger partial charge in [0, 0.05) is 4.47 Å². The summed E-state index contributed by atoms with van der Waals surface area (Å²) in [5.41, 5.74) is 1.05. The molecule has 0 aliphatic heterocycles.